The summed E-state index contributed by atoms with van der Waals surface area (Å²) >= 11 is 18.1. The predicted molar refractivity (Wildman–Crippen MR) is 97.3 cm³/mol. The molecular formula is C17H19Cl3N2O3. The van der Waals surface area contributed by atoms with Crippen molar-refractivity contribution in [3.05, 3.63) is 33.3 Å². The van der Waals surface area contributed by atoms with Crippen molar-refractivity contribution in [2.24, 2.45) is 0 Å². The highest BCUT2D eigenvalue weighted by Crippen LogP contribution is 2.37. The first kappa shape index (κ1) is 18.8. The van der Waals surface area contributed by atoms with Crippen LogP contribution in [0.4, 0.5) is 0 Å². The van der Waals surface area contributed by atoms with E-state index in [1.165, 1.54) is 0 Å². The Labute approximate surface area is 161 Å². The third kappa shape index (κ3) is 3.75. The molecule has 1 aromatic carbocycles. The van der Waals surface area contributed by atoms with Gasteiger partial charge in [-0.1, -0.05) is 23.2 Å². The number of benzene rings is 1. The molecule has 0 radical (unpaired) electrons. The third-order valence-corrected chi connectivity index (χ3v) is 5.54. The molecule has 0 spiro atoms. The molecule has 0 N–H and O–H groups in total. The lowest BCUT2D eigenvalue weighted by molar-refractivity contribution is -0.155. The molecule has 0 unspecified atom stereocenters. The van der Waals surface area contributed by atoms with Gasteiger partial charge in [0.2, 0.25) is 5.91 Å². The summed E-state index contributed by atoms with van der Waals surface area (Å²) in [6.45, 7) is 3.52. The number of fused-ring (bicyclic) bond motifs is 1. The zero-order valence-corrected chi connectivity index (χ0v) is 16.1. The quantitative estimate of drug-likeness (QED) is 0.711. The van der Waals surface area contributed by atoms with E-state index in [0.717, 1.165) is 11.1 Å². The average molecular weight is 406 g/mol. The minimum absolute atomic E-state index is 0.0925. The predicted octanol–water partition coefficient (Wildman–Crippen LogP) is 2.91. The van der Waals surface area contributed by atoms with E-state index < -0.39 is 6.10 Å². The van der Waals surface area contributed by atoms with Gasteiger partial charge in [0.1, 0.15) is 5.88 Å². The van der Waals surface area contributed by atoms with Gasteiger partial charge < -0.3 is 14.5 Å². The summed E-state index contributed by atoms with van der Waals surface area (Å²) in [4.78, 5) is 28.1. The fourth-order valence-electron chi connectivity index (χ4n) is 3.50. The molecular weight excluding hydrogens is 387 g/mol. The molecule has 5 nitrogen and oxygen atoms in total. The Kier molecular flexibility index (Phi) is 5.78. The van der Waals surface area contributed by atoms with E-state index in [2.05, 4.69) is 0 Å². The molecule has 0 aromatic heterocycles. The second-order valence-corrected chi connectivity index (χ2v) is 7.36. The molecule has 2 atom stereocenters. The highest BCUT2D eigenvalue weighted by Gasteiger charge is 2.36. The van der Waals surface area contributed by atoms with Gasteiger partial charge in [0.25, 0.3) is 5.91 Å². The van der Waals surface area contributed by atoms with Crippen LogP contribution in [0.15, 0.2) is 12.1 Å². The molecule has 2 amide bonds. The third-order valence-electron chi connectivity index (χ3n) is 4.78. The topological polar surface area (TPSA) is 49.9 Å². The summed E-state index contributed by atoms with van der Waals surface area (Å²) < 4.78 is 5.62. The van der Waals surface area contributed by atoms with Crippen LogP contribution in [0.3, 0.4) is 0 Å². The number of alkyl halides is 1. The number of carbonyl (C=O) groups is 2. The van der Waals surface area contributed by atoms with Gasteiger partial charge >= 0.3 is 0 Å². The molecule has 2 aliphatic rings. The fourth-order valence-corrected chi connectivity index (χ4v) is 4.36. The van der Waals surface area contributed by atoms with Crippen molar-refractivity contribution in [2.75, 3.05) is 32.1 Å². The van der Waals surface area contributed by atoms with Crippen LogP contribution < -0.4 is 0 Å². The molecule has 1 saturated heterocycles. The van der Waals surface area contributed by atoms with E-state index in [-0.39, 0.29) is 30.3 Å². The maximum atomic E-state index is 13.0. The second-order valence-electron chi connectivity index (χ2n) is 6.25. The van der Waals surface area contributed by atoms with Crippen molar-refractivity contribution >= 4 is 46.6 Å². The van der Waals surface area contributed by atoms with Crippen molar-refractivity contribution in [1.29, 1.82) is 0 Å². The molecule has 1 aromatic rings. The van der Waals surface area contributed by atoms with Crippen LogP contribution in [0.1, 0.15) is 24.1 Å². The van der Waals surface area contributed by atoms with Crippen LogP contribution in [0.2, 0.25) is 10.0 Å². The Morgan fingerprint density at radius 2 is 2.04 bits per heavy atom. The van der Waals surface area contributed by atoms with E-state index in [0.29, 0.717) is 36.2 Å². The Morgan fingerprint density at radius 3 is 2.76 bits per heavy atom. The summed E-state index contributed by atoms with van der Waals surface area (Å²) in [5, 5.41) is 1.16. The highest BCUT2D eigenvalue weighted by atomic mass is 35.5. The molecule has 8 heteroatoms. The number of amides is 2. The maximum absolute atomic E-state index is 13.0. The molecule has 1 fully saturated rings. The Hall–Kier alpha value is -1.01. The highest BCUT2D eigenvalue weighted by molar-refractivity contribution is 6.35. The second kappa shape index (κ2) is 7.70. The Balaban J connectivity index is 1.78. The first-order chi connectivity index (χ1) is 11.9. The van der Waals surface area contributed by atoms with Crippen LogP contribution in [0.5, 0.6) is 0 Å². The SMILES string of the molecule is C[C@H]1c2c(Cl)cc(Cl)cc2CCN1C(=O)[C@H]1CN(C(=O)CCl)CCO1. The first-order valence-electron chi connectivity index (χ1n) is 8.16. The molecule has 0 bridgehead atoms. The number of morpholine rings is 1. The summed E-state index contributed by atoms with van der Waals surface area (Å²) in [6.07, 6.45) is 0.0129. The summed E-state index contributed by atoms with van der Waals surface area (Å²) in [5.74, 6) is -0.404. The molecule has 0 aliphatic carbocycles. The number of carbonyl (C=O) groups excluding carboxylic acids is 2. The number of hydrogen-bond donors (Lipinski definition) is 0. The van der Waals surface area contributed by atoms with Gasteiger partial charge in [0.05, 0.1) is 19.2 Å². The normalized spacial score (nSPS) is 23.4. The lowest BCUT2D eigenvalue weighted by Crippen LogP contribution is -2.54. The monoisotopic (exact) mass is 404 g/mol. The zero-order valence-electron chi connectivity index (χ0n) is 13.8. The first-order valence-corrected chi connectivity index (χ1v) is 9.45. The van der Waals surface area contributed by atoms with Gasteiger partial charge in [-0.05, 0) is 36.6 Å². The van der Waals surface area contributed by atoms with Crippen LogP contribution in [0.25, 0.3) is 0 Å². The van der Waals surface area contributed by atoms with E-state index in [4.69, 9.17) is 39.5 Å². The molecule has 2 aliphatic heterocycles. The summed E-state index contributed by atoms with van der Waals surface area (Å²) in [7, 11) is 0. The fraction of sp³-hybridized carbons (Fsp3) is 0.529. The molecule has 25 heavy (non-hydrogen) atoms. The summed E-state index contributed by atoms with van der Waals surface area (Å²) in [5.41, 5.74) is 1.99. The maximum Gasteiger partial charge on any atom is 0.254 e. The average Bonchev–Trinajstić information content (AvgIpc) is 2.60. The van der Waals surface area contributed by atoms with E-state index in [1.807, 2.05) is 13.0 Å². The van der Waals surface area contributed by atoms with Gasteiger partial charge in [0.15, 0.2) is 6.10 Å². The standard InChI is InChI=1S/C17H19Cl3N2O3/c1-10-16-11(6-12(19)7-13(16)20)2-3-22(10)17(24)14-9-21(4-5-25-14)15(23)8-18/h6-7,10,14H,2-5,8-9H2,1H3/t10-,14+/m0/s1. The van der Waals surface area contributed by atoms with Gasteiger partial charge in [-0.2, -0.15) is 0 Å². The van der Waals surface area contributed by atoms with Crippen molar-refractivity contribution in [3.63, 3.8) is 0 Å². The van der Waals surface area contributed by atoms with Gasteiger partial charge in [0, 0.05) is 23.1 Å². The number of hydrogen-bond acceptors (Lipinski definition) is 3. The Bertz CT molecular complexity index is 698. The smallest absolute Gasteiger partial charge is 0.254 e. The zero-order chi connectivity index (χ0) is 18.1. The number of ether oxygens (including phenoxy) is 1. The molecule has 0 saturated carbocycles. The minimum Gasteiger partial charge on any atom is -0.365 e. The minimum atomic E-state index is -0.670. The van der Waals surface area contributed by atoms with Crippen LogP contribution >= 0.6 is 34.8 Å². The van der Waals surface area contributed by atoms with Crippen molar-refractivity contribution in [2.45, 2.75) is 25.5 Å². The van der Waals surface area contributed by atoms with Crippen molar-refractivity contribution in [3.8, 4) is 0 Å². The number of halogens is 3. The van der Waals surface area contributed by atoms with Gasteiger partial charge in [-0.3, -0.25) is 9.59 Å². The molecule has 2 heterocycles. The van der Waals surface area contributed by atoms with Crippen molar-refractivity contribution < 1.29 is 14.3 Å². The lowest BCUT2D eigenvalue weighted by atomic mass is 9.93. The molecule has 3 rings (SSSR count). The number of rotatable bonds is 2. The van der Waals surface area contributed by atoms with Crippen LogP contribution in [-0.2, 0) is 20.7 Å². The Morgan fingerprint density at radius 1 is 1.28 bits per heavy atom. The van der Waals surface area contributed by atoms with Crippen LogP contribution in [-0.4, -0.2) is 59.8 Å². The number of nitrogens with zero attached hydrogens (tertiary/aromatic N) is 2. The van der Waals surface area contributed by atoms with Gasteiger partial charge in [-0.15, -0.1) is 11.6 Å². The lowest BCUT2D eigenvalue weighted by Gasteiger charge is -2.40. The largest absolute Gasteiger partial charge is 0.365 e. The van der Waals surface area contributed by atoms with E-state index in [9.17, 15) is 9.59 Å². The van der Waals surface area contributed by atoms with E-state index in [1.54, 1.807) is 15.9 Å². The summed E-state index contributed by atoms with van der Waals surface area (Å²) in [6, 6.07) is 3.42. The van der Waals surface area contributed by atoms with Gasteiger partial charge in [-0.25, -0.2) is 0 Å². The van der Waals surface area contributed by atoms with E-state index >= 15 is 0 Å². The van der Waals surface area contributed by atoms with Crippen LogP contribution in [0, 0.1) is 0 Å². The molecule has 136 valence electrons. The van der Waals surface area contributed by atoms with Crippen molar-refractivity contribution in [1.82, 2.24) is 9.80 Å².